The zero-order valence-electron chi connectivity index (χ0n) is 12.4. The molecule has 0 spiro atoms. The molecule has 0 fully saturated rings. The van der Waals surface area contributed by atoms with Gasteiger partial charge < -0.3 is 16.3 Å². The standard InChI is InChI=1S/C15H20N4OS/c1-9-6-13(11(3)21-9)10(2)18-8-12-4-5-17-14(7-12)15(16)19-20/h4-7,10,18,20H,8H2,1-3H3,(H2,16,19). The number of hydrogen-bond donors (Lipinski definition) is 3. The molecule has 0 saturated carbocycles. The molecule has 0 aliphatic heterocycles. The first-order valence-corrected chi connectivity index (χ1v) is 7.56. The van der Waals surface area contributed by atoms with Crippen LogP contribution < -0.4 is 11.1 Å². The Morgan fingerprint density at radius 3 is 2.86 bits per heavy atom. The maximum absolute atomic E-state index is 8.69. The second-order valence-electron chi connectivity index (χ2n) is 5.01. The number of rotatable bonds is 5. The maximum atomic E-state index is 8.69. The van der Waals surface area contributed by atoms with Crippen LogP contribution in [0.25, 0.3) is 0 Å². The third-order valence-corrected chi connectivity index (χ3v) is 4.33. The summed E-state index contributed by atoms with van der Waals surface area (Å²) in [6, 6.07) is 6.24. The van der Waals surface area contributed by atoms with Gasteiger partial charge >= 0.3 is 0 Å². The number of thiophene rings is 1. The van der Waals surface area contributed by atoms with Gasteiger partial charge in [0.05, 0.1) is 0 Å². The van der Waals surface area contributed by atoms with E-state index in [0.717, 1.165) is 5.56 Å². The van der Waals surface area contributed by atoms with E-state index in [-0.39, 0.29) is 11.9 Å². The van der Waals surface area contributed by atoms with E-state index in [1.165, 1.54) is 15.3 Å². The molecule has 2 aromatic heterocycles. The topological polar surface area (TPSA) is 83.5 Å². The largest absolute Gasteiger partial charge is 0.409 e. The SMILES string of the molecule is Cc1cc(C(C)NCc2ccnc(C(N)=NO)c2)c(C)s1. The summed E-state index contributed by atoms with van der Waals surface area (Å²) < 4.78 is 0. The molecular formula is C15H20N4OS. The fraction of sp³-hybridized carbons (Fsp3) is 0.333. The summed E-state index contributed by atoms with van der Waals surface area (Å²) in [5.74, 6) is 0.0224. The van der Waals surface area contributed by atoms with Gasteiger partial charge in [0, 0.05) is 28.5 Å². The van der Waals surface area contributed by atoms with E-state index in [2.05, 4.69) is 42.3 Å². The molecule has 0 saturated heterocycles. The average Bonchev–Trinajstić information content (AvgIpc) is 2.83. The third kappa shape index (κ3) is 3.80. The van der Waals surface area contributed by atoms with Crippen molar-refractivity contribution in [2.75, 3.05) is 0 Å². The Hall–Kier alpha value is -1.92. The van der Waals surface area contributed by atoms with E-state index < -0.39 is 0 Å². The number of amidine groups is 1. The molecule has 5 nitrogen and oxygen atoms in total. The van der Waals surface area contributed by atoms with Crippen LogP contribution in [0.15, 0.2) is 29.6 Å². The summed E-state index contributed by atoms with van der Waals surface area (Å²) in [7, 11) is 0. The fourth-order valence-corrected chi connectivity index (χ4v) is 3.26. The monoisotopic (exact) mass is 304 g/mol. The highest BCUT2D eigenvalue weighted by Gasteiger charge is 2.11. The van der Waals surface area contributed by atoms with Crippen LogP contribution in [0.5, 0.6) is 0 Å². The van der Waals surface area contributed by atoms with E-state index in [4.69, 9.17) is 10.9 Å². The van der Waals surface area contributed by atoms with Crippen LogP contribution in [0.4, 0.5) is 0 Å². The normalized spacial score (nSPS) is 13.4. The van der Waals surface area contributed by atoms with Crippen LogP contribution in [-0.4, -0.2) is 16.0 Å². The van der Waals surface area contributed by atoms with Crippen LogP contribution in [0.2, 0.25) is 0 Å². The molecule has 4 N–H and O–H groups in total. The molecule has 0 aliphatic rings. The van der Waals surface area contributed by atoms with Gasteiger partial charge in [0.15, 0.2) is 5.84 Å². The minimum Gasteiger partial charge on any atom is -0.409 e. The molecular weight excluding hydrogens is 284 g/mol. The Kier molecular flexibility index (Phi) is 4.93. The molecule has 112 valence electrons. The quantitative estimate of drug-likeness (QED) is 0.343. The Morgan fingerprint density at radius 1 is 1.48 bits per heavy atom. The van der Waals surface area contributed by atoms with Crippen molar-refractivity contribution in [2.45, 2.75) is 33.4 Å². The summed E-state index contributed by atoms with van der Waals surface area (Å²) in [6.45, 7) is 7.12. The first-order valence-electron chi connectivity index (χ1n) is 6.74. The molecule has 0 bridgehead atoms. The second-order valence-corrected chi connectivity index (χ2v) is 6.47. The van der Waals surface area contributed by atoms with Crippen molar-refractivity contribution in [2.24, 2.45) is 10.9 Å². The Bertz CT molecular complexity index is 651. The number of oxime groups is 1. The minimum atomic E-state index is 0.0224. The second kappa shape index (κ2) is 6.69. The van der Waals surface area contributed by atoms with Gasteiger partial charge in [0.2, 0.25) is 0 Å². The lowest BCUT2D eigenvalue weighted by Gasteiger charge is -2.14. The predicted molar refractivity (Wildman–Crippen MR) is 85.8 cm³/mol. The highest BCUT2D eigenvalue weighted by atomic mass is 32.1. The first-order chi connectivity index (χ1) is 10.0. The van der Waals surface area contributed by atoms with Gasteiger partial charge in [-0.15, -0.1) is 11.3 Å². The molecule has 1 unspecified atom stereocenters. The van der Waals surface area contributed by atoms with E-state index in [9.17, 15) is 0 Å². The lowest BCUT2D eigenvalue weighted by atomic mass is 10.1. The molecule has 0 aromatic carbocycles. The Balaban J connectivity index is 2.04. The molecule has 6 heteroatoms. The van der Waals surface area contributed by atoms with Gasteiger partial charge in [0.1, 0.15) is 5.69 Å². The summed E-state index contributed by atoms with van der Waals surface area (Å²) in [5, 5.41) is 15.1. The molecule has 0 amide bonds. The number of nitrogens with one attached hydrogen (secondary N) is 1. The van der Waals surface area contributed by atoms with Crippen molar-refractivity contribution in [3.05, 3.63) is 51.0 Å². The van der Waals surface area contributed by atoms with Crippen molar-refractivity contribution in [1.29, 1.82) is 0 Å². The van der Waals surface area contributed by atoms with Crippen LogP contribution in [-0.2, 0) is 6.54 Å². The molecule has 2 rings (SSSR count). The van der Waals surface area contributed by atoms with E-state index in [1.807, 2.05) is 23.5 Å². The smallest absolute Gasteiger partial charge is 0.188 e. The van der Waals surface area contributed by atoms with Crippen LogP contribution in [0, 0.1) is 13.8 Å². The van der Waals surface area contributed by atoms with E-state index >= 15 is 0 Å². The van der Waals surface area contributed by atoms with Crippen molar-refractivity contribution in [3.8, 4) is 0 Å². The maximum Gasteiger partial charge on any atom is 0.188 e. The lowest BCUT2D eigenvalue weighted by Crippen LogP contribution is -2.19. The zero-order chi connectivity index (χ0) is 15.4. The average molecular weight is 304 g/mol. The van der Waals surface area contributed by atoms with Gasteiger partial charge in [0.25, 0.3) is 0 Å². The predicted octanol–water partition coefficient (Wildman–Crippen LogP) is 2.71. The lowest BCUT2D eigenvalue weighted by molar-refractivity contribution is 0.318. The highest BCUT2D eigenvalue weighted by molar-refractivity contribution is 7.12. The Labute approximate surface area is 128 Å². The number of pyridine rings is 1. The number of hydrogen-bond acceptors (Lipinski definition) is 5. The molecule has 0 aliphatic carbocycles. The molecule has 1 atom stereocenters. The highest BCUT2D eigenvalue weighted by Crippen LogP contribution is 2.26. The number of nitrogens with zero attached hydrogens (tertiary/aromatic N) is 2. The van der Waals surface area contributed by atoms with Gasteiger partial charge in [-0.1, -0.05) is 5.16 Å². The molecule has 21 heavy (non-hydrogen) atoms. The Morgan fingerprint density at radius 2 is 2.24 bits per heavy atom. The number of aromatic nitrogens is 1. The molecule has 2 heterocycles. The van der Waals surface area contributed by atoms with Crippen LogP contribution in [0.3, 0.4) is 0 Å². The fourth-order valence-electron chi connectivity index (χ4n) is 2.24. The first kappa shape index (κ1) is 15.5. The number of nitrogens with two attached hydrogens (primary N) is 1. The van der Waals surface area contributed by atoms with Crippen LogP contribution >= 0.6 is 11.3 Å². The summed E-state index contributed by atoms with van der Waals surface area (Å²) >= 11 is 1.82. The number of aryl methyl sites for hydroxylation is 2. The summed E-state index contributed by atoms with van der Waals surface area (Å²) in [6.07, 6.45) is 1.66. The van der Waals surface area contributed by atoms with E-state index in [1.54, 1.807) is 6.20 Å². The summed E-state index contributed by atoms with van der Waals surface area (Å²) in [5.41, 5.74) is 8.41. The van der Waals surface area contributed by atoms with Crippen LogP contribution in [0.1, 0.15) is 39.5 Å². The zero-order valence-corrected chi connectivity index (χ0v) is 13.2. The minimum absolute atomic E-state index is 0.0224. The molecule has 2 aromatic rings. The third-order valence-electron chi connectivity index (χ3n) is 3.35. The van der Waals surface area contributed by atoms with Gasteiger partial charge in [-0.3, -0.25) is 4.98 Å². The van der Waals surface area contributed by atoms with Crippen molar-refractivity contribution < 1.29 is 5.21 Å². The van der Waals surface area contributed by atoms with Gasteiger partial charge in [-0.05, 0) is 50.1 Å². The van der Waals surface area contributed by atoms with Gasteiger partial charge in [-0.25, -0.2) is 0 Å². The van der Waals surface area contributed by atoms with Gasteiger partial charge in [-0.2, -0.15) is 0 Å². The summed E-state index contributed by atoms with van der Waals surface area (Å²) in [4.78, 5) is 6.75. The van der Waals surface area contributed by atoms with E-state index in [0.29, 0.717) is 12.2 Å². The van der Waals surface area contributed by atoms with Crippen molar-refractivity contribution in [3.63, 3.8) is 0 Å². The van der Waals surface area contributed by atoms with Crippen molar-refractivity contribution >= 4 is 17.2 Å². The van der Waals surface area contributed by atoms with Crippen molar-refractivity contribution in [1.82, 2.24) is 10.3 Å². The molecule has 0 radical (unpaired) electrons.